The molecule has 1 aromatic carbocycles. The van der Waals surface area contributed by atoms with Gasteiger partial charge in [-0.15, -0.1) is 0 Å². The predicted octanol–water partition coefficient (Wildman–Crippen LogP) is 2.60. The third-order valence-electron chi connectivity index (χ3n) is 4.32. The second kappa shape index (κ2) is 3.59. The van der Waals surface area contributed by atoms with Crippen LogP contribution in [0.15, 0.2) is 12.1 Å². The zero-order valence-electron chi connectivity index (χ0n) is 10.4. The topological polar surface area (TPSA) is 12.0 Å². The first-order valence-electron chi connectivity index (χ1n) is 6.53. The fourth-order valence-corrected chi connectivity index (χ4v) is 3.44. The van der Waals surface area contributed by atoms with E-state index in [4.69, 9.17) is 0 Å². The molecular formula is C15H21N. The van der Waals surface area contributed by atoms with Crippen molar-refractivity contribution in [2.75, 3.05) is 13.1 Å². The van der Waals surface area contributed by atoms with E-state index in [0.717, 1.165) is 13.1 Å². The highest BCUT2D eigenvalue weighted by Crippen LogP contribution is 2.41. The maximum Gasteiger partial charge on any atom is -0.000801 e. The summed E-state index contributed by atoms with van der Waals surface area (Å²) in [5.74, 6) is 0. The summed E-state index contributed by atoms with van der Waals surface area (Å²) in [7, 11) is 0. The molecule has 0 unspecified atom stereocenters. The Kier molecular flexibility index (Phi) is 2.32. The van der Waals surface area contributed by atoms with Crippen LogP contribution >= 0.6 is 0 Å². The van der Waals surface area contributed by atoms with Crippen LogP contribution in [-0.2, 0) is 24.7 Å². The van der Waals surface area contributed by atoms with Gasteiger partial charge in [-0.3, -0.25) is 0 Å². The highest BCUT2D eigenvalue weighted by Gasteiger charge is 2.33. The third kappa shape index (κ3) is 1.49. The Morgan fingerprint density at radius 2 is 1.75 bits per heavy atom. The van der Waals surface area contributed by atoms with Crippen LogP contribution in [0, 0.1) is 0 Å². The van der Waals surface area contributed by atoms with E-state index in [1.807, 2.05) is 0 Å². The molecule has 0 aromatic heterocycles. The van der Waals surface area contributed by atoms with Gasteiger partial charge in [-0.2, -0.15) is 0 Å². The monoisotopic (exact) mass is 215 g/mol. The van der Waals surface area contributed by atoms with Crippen LogP contribution in [0.2, 0.25) is 0 Å². The zero-order valence-corrected chi connectivity index (χ0v) is 10.4. The fraction of sp³-hybridized carbons (Fsp3) is 0.600. The van der Waals surface area contributed by atoms with Gasteiger partial charge < -0.3 is 5.32 Å². The van der Waals surface area contributed by atoms with Crippen LogP contribution in [-0.4, -0.2) is 13.1 Å². The molecule has 0 fully saturated rings. The van der Waals surface area contributed by atoms with E-state index in [-0.39, 0.29) is 0 Å². The van der Waals surface area contributed by atoms with Crippen LogP contribution in [0.4, 0.5) is 0 Å². The molecule has 0 radical (unpaired) electrons. The summed E-state index contributed by atoms with van der Waals surface area (Å²) in [6.45, 7) is 7.13. The standard InChI is InChI=1S/C15H21N/c1-15(2)8-5-12-4-3-11-6-9-16-10-7-13(11)14(12)15/h3-4,16H,5-10H2,1-2H3. The first-order valence-corrected chi connectivity index (χ1v) is 6.53. The lowest BCUT2D eigenvalue weighted by Crippen LogP contribution is -2.18. The SMILES string of the molecule is CC1(C)CCc2ccc3c(c21)CCNCC3. The number of nitrogens with one attached hydrogen (secondary N) is 1. The Balaban J connectivity index is 2.17. The first-order chi connectivity index (χ1) is 7.68. The molecule has 0 saturated heterocycles. The Hall–Kier alpha value is -0.820. The Bertz CT molecular complexity index is 418. The molecule has 1 aliphatic heterocycles. The summed E-state index contributed by atoms with van der Waals surface area (Å²) in [6.07, 6.45) is 5.04. The minimum absolute atomic E-state index is 0.408. The second-order valence-electron chi connectivity index (χ2n) is 5.87. The molecule has 1 aromatic rings. The third-order valence-corrected chi connectivity index (χ3v) is 4.32. The van der Waals surface area contributed by atoms with Gasteiger partial charge >= 0.3 is 0 Å². The van der Waals surface area contributed by atoms with Crippen molar-refractivity contribution in [2.45, 2.75) is 44.9 Å². The van der Waals surface area contributed by atoms with Crippen molar-refractivity contribution in [1.29, 1.82) is 0 Å². The number of fused-ring (bicyclic) bond motifs is 3. The van der Waals surface area contributed by atoms with Crippen molar-refractivity contribution in [3.63, 3.8) is 0 Å². The molecule has 3 rings (SSSR count). The average molecular weight is 215 g/mol. The number of benzene rings is 1. The summed E-state index contributed by atoms with van der Waals surface area (Å²) in [6, 6.07) is 4.76. The van der Waals surface area contributed by atoms with Gasteiger partial charge in [-0.05, 0) is 66.4 Å². The van der Waals surface area contributed by atoms with E-state index in [9.17, 15) is 0 Å². The van der Waals surface area contributed by atoms with Gasteiger partial charge in [0.25, 0.3) is 0 Å². The number of rotatable bonds is 0. The average Bonchev–Trinajstić information content (AvgIpc) is 2.47. The van der Waals surface area contributed by atoms with E-state index >= 15 is 0 Å². The van der Waals surface area contributed by atoms with Gasteiger partial charge in [0.15, 0.2) is 0 Å². The normalized spacial score (nSPS) is 22.4. The van der Waals surface area contributed by atoms with Crippen molar-refractivity contribution < 1.29 is 0 Å². The summed E-state index contributed by atoms with van der Waals surface area (Å²) < 4.78 is 0. The summed E-state index contributed by atoms with van der Waals surface area (Å²) in [5.41, 5.74) is 6.98. The van der Waals surface area contributed by atoms with E-state index in [1.54, 1.807) is 22.3 Å². The molecule has 0 amide bonds. The molecule has 1 aliphatic carbocycles. The Morgan fingerprint density at radius 1 is 1.00 bits per heavy atom. The minimum Gasteiger partial charge on any atom is -0.316 e. The van der Waals surface area contributed by atoms with E-state index in [1.165, 1.54) is 25.7 Å². The zero-order chi connectivity index (χ0) is 11.2. The summed E-state index contributed by atoms with van der Waals surface area (Å²) >= 11 is 0. The number of hydrogen-bond donors (Lipinski definition) is 1. The van der Waals surface area contributed by atoms with Crippen molar-refractivity contribution in [2.24, 2.45) is 0 Å². The van der Waals surface area contributed by atoms with Crippen LogP contribution in [0.1, 0.15) is 42.5 Å². The summed E-state index contributed by atoms with van der Waals surface area (Å²) in [5, 5.41) is 3.51. The number of aryl methyl sites for hydroxylation is 1. The van der Waals surface area contributed by atoms with Crippen LogP contribution in [0.25, 0.3) is 0 Å². The fourth-order valence-electron chi connectivity index (χ4n) is 3.44. The largest absolute Gasteiger partial charge is 0.316 e. The van der Waals surface area contributed by atoms with Gasteiger partial charge in [-0.1, -0.05) is 26.0 Å². The molecule has 1 heterocycles. The lowest BCUT2D eigenvalue weighted by atomic mass is 9.81. The molecule has 86 valence electrons. The lowest BCUT2D eigenvalue weighted by molar-refractivity contribution is 0.517. The molecule has 2 aliphatic rings. The van der Waals surface area contributed by atoms with E-state index < -0.39 is 0 Å². The smallest absolute Gasteiger partial charge is 0.000801 e. The maximum absolute atomic E-state index is 3.51. The molecule has 1 nitrogen and oxygen atoms in total. The Labute approximate surface area is 98.3 Å². The van der Waals surface area contributed by atoms with Gasteiger partial charge in [0.05, 0.1) is 0 Å². The van der Waals surface area contributed by atoms with Crippen molar-refractivity contribution >= 4 is 0 Å². The van der Waals surface area contributed by atoms with Crippen LogP contribution in [0.3, 0.4) is 0 Å². The van der Waals surface area contributed by atoms with Crippen LogP contribution in [0.5, 0.6) is 0 Å². The molecule has 0 spiro atoms. The maximum atomic E-state index is 3.51. The second-order valence-corrected chi connectivity index (χ2v) is 5.87. The van der Waals surface area contributed by atoms with Crippen LogP contribution < -0.4 is 5.32 Å². The lowest BCUT2D eigenvalue weighted by Gasteiger charge is -2.24. The molecular weight excluding hydrogens is 194 g/mol. The van der Waals surface area contributed by atoms with Crippen molar-refractivity contribution in [3.05, 3.63) is 34.4 Å². The minimum atomic E-state index is 0.408. The molecule has 16 heavy (non-hydrogen) atoms. The van der Waals surface area contributed by atoms with Crippen molar-refractivity contribution in [3.8, 4) is 0 Å². The van der Waals surface area contributed by atoms with E-state index in [0.29, 0.717) is 5.41 Å². The van der Waals surface area contributed by atoms with Crippen molar-refractivity contribution in [1.82, 2.24) is 5.32 Å². The van der Waals surface area contributed by atoms with Gasteiger partial charge in [0, 0.05) is 0 Å². The quantitative estimate of drug-likeness (QED) is 0.701. The van der Waals surface area contributed by atoms with E-state index in [2.05, 4.69) is 31.3 Å². The highest BCUT2D eigenvalue weighted by atomic mass is 14.8. The molecule has 0 atom stereocenters. The Morgan fingerprint density at radius 3 is 2.62 bits per heavy atom. The summed E-state index contributed by atoms with van der Waals surface area (Å²) in [4.78, 5) is 0. The molecule has 1 heteroatoms. The molecule has 0 saturated carbocycles. The molecule has 1 N–H and O–H groups in total. The van der Waals surface area contributed by atoms with Gasteiger partial charge in [-0.25, -0.2) is 0 Å². The predicted molar refractivity (Wildman–Crippen MR) is 68.1 cm³/mol. The number of hydrogen-bond acceptors (Lipinski definition) is 1. The highest BCUT2D eigenvalue weighted by molar-refractivity contribution is 5.49. The van der Waals surface area contributed by atoms with Gasteiger partial charge in [0.2, 0.25) is 0 Å². The first kappa shape index (κ1) is 10.3. The molecule has 0 bridgehead atoms. The van der Waals surface area contributed by atoms with Gasteiger partial charge in [0.1, 0.15) is 0 Å².